The molecule has 0 fully saturated rings. The van der Waals surface area contributed by atoms with Crippen LogP contribution in [0.1, 0.15) is 24.5 Å². The Morgan fingerprint density at radius 2 is 2.00 bits per heavy atom. The van der Waals surface area contributed by atoms with E-state index in [1.165, 1.54) is 31.8 Å². The van der Waals surface area contributed by atoms with Gasteiger partial charge in [-0.3, -0.25) is 0 Å². The molecular weight excluding hydrogens is 330 g/mol. The molecule has 0 aliphatic heterocycles. The van der Waals surface area contributed by atoms with E-state index in [1.807, 2.05) is 0 Å². The third kappa shape index (κ3) is 4.65. The SMILES string of the molecule is CCCNCc1ccc(Sc2cccc(C)c2)c(Br)c1. The highest BCUT2D eigenvalue weighted by atomic mass is 79.9. The smallest absolute Gasteiger partial charge is 0.0318 e. The zero-order valence-electron chi connectivity index (χ0n) is 11.9. The van der Waals surface area contributed by atoms with E-state index < -0.39 is 0 Å². The van der Waals surface area contributed by atoms with Crippen LogP contribution in [0.15, 0.2) is 56.7 Å². The monoisotopic (exact) mass is 349 g/mol. The maximum Gasteiger partial charge on any atom is 0.0318 e. The number of hydrogen-bond donors (Lipinski definition) is 1. The van der Waals surface area contributed by atoms with E-state index in [4.69, 9.17) is 0 Å². The summed E-state index contributed by atoms with van der Waals surface area (Å²) in [5.41, 5.74) is 2.62. The van der Waals surface area contributed by atoms with Crippen LogP contribution in [0.3, 0.4) is 0 Å². The minimum atomic E-state index is 0.932. The van der Waals surface area contributed by atoms with E-state index in [0.29, 0.717) is 0 Å². The normalized spacial score (nSPS) is 10.8. The van der Waals surface area contributed by atoms with E-state index >= 15 is 0 Å². The zero-order chi connectivity index (χ0) is 14.4. The Balaban J connectivity index is 2.06. The maximum atomic E-state index is 3.68. The first-order valence-corrected chi connectivity index (χ1v) is 8.53. The van der Waals surface area contributed by atoms with Crippen LogP contribution in [-0.2, 0) is 6.54 Å². The van der Waals surface area contributed by atoms with Crippen LogP contribution in [0.4, 0.5) is 0 Å². The highest BCUT2D eigenvalue weighted by Crippen LogP contribution is 2.34. The van der Waals surface area contributed by atoms with Gasteiger partial charge in [-0.05, 0) is 65.6 Å². The van der Waals surface area contributed by atoms with Crippen molar-refractivity contribution in [2.45, 2.75) is 36.6 Å². The number of halogens is 1. The van der Waals surface area contributed by atoms with Crippen LogP contribution >= 0.6 is 27.7 Å². The molecule has 106 valence electrons. The molecule has 0 saturated carbocycles. The summed E-state index contributed by atoms with van der Waals surface area (Å²) in [6.45, 7) is 6.31. The van der Waals surface area contributed by atoms with Gasteiger partial charge in [-0.25, -0.2) is 0 Å². The van der Waals surface area contributed by atoms with Gasteiger partial charge < -0.3 is 5.32 Å². The van der Waals surface area contributed by atoms with Crippen LogP contribution in [-0.4, -0.2) is 6.54 Å². The molecule has 0 spiro atoms. The Bertz CT molecular complexity index is 569. The van der Waals surface area contributed by atoms with Crippen molar-refractivity contribution in [1.29, 1.82) is 0 Å². The molecule has 0 aromatic heterocycles. The Labute approximate surface area is 134 Å². The summed E-state index contributed by atoms with van der Waals surface area (Å²) in [4.78, 5) is 2.54. The third-order valence-corrected chi connectivity index (χ3v) is 4.95. The molecule has 1 N–H and O–H groups in total. The van der Waals surface area contributed by atoms with Crippen molar-refractivity contribution in [1.82, 2.24) is 5.32 Å². The van der Waals surface area contributed by atoms with E-state index in [0.717, 1.165) is 13.1 Å². The first-order chi connectivity index (χ1) is 9.69. The molecule has 20 heavy (non-hydrogen) atoms. The second kappa shape index (κ2) is 7.87. The fourth-order valence-electron chi connectivity index (χ4n) is 1.95. The van der Waals surface area contributed by atoms with Crippen molar-refractivity contribution < 1.29 is 0 Å². The van der Waals surface area contributed by atoms with E-state index in [-0.39, 0.29) is 0 Å². The zero-order valence-corrected chi connectivity index (χ0v) is 14.4. The Morgan fingerprint density at radius 1 is 1.15 bits per heavy atom. The van der Waals surface area contributed by atoms with Gasteiger partial charge in [-0.2, -0.15) is 0 Å². The summed E-state index contributed by atoms with van der Waals surface area (Å²) in [6, 6.07) is 15.2. The van der Waals surface area contributed by atoms with Gasteiger partial charge in [0, 0.05) is 20.8 Å². The maximum absolute atomic E-state index is 3.68. The molecule has 0 radical (unpaired) electrons. The fourth-order valence-corrected chi connectivity index (χ4v) is 3.56. The van der Waals surface area contributed by atoms with Gasteiger partial charge in [0.1, 0.15) is 0 Å². The predicted molar refractivity (Wildman–Crippen MR) is 91.4 cm³/mol. The van der Waals surface area contributed by atoms with Crippen molar-refractivity contribution in [3.63, 3.8) is 0 Å². The number of rotatable bonds is 6. The van der Waals surface area contributed by atoms with Gasteiger partial charge in [0.05, 0.1) is 0 Å². The molecule has 0 aliphatic rings. The first-order valence-electron chi connectivity index (χ1n) is 6.92. The van der Waals surface area contributed by atoms with E-state index in [9.17, 15) is 0 Å². The van der Waals surface area contributed by atoms with Crippen LogP contribution in [0, 0.1) is 6.92 Å². The quantitative estimate of drug-likeness (QED) is 0.699. The number of hydrogen-bond acceptors (Lipinski definition) is 2. The minimum Gasteiger partial charge on any atom is -0.313 e. The molecule has 1 nitrogen and oxygen atoms in total. The Kier molecular flexibility index (Phi) is 6.14. The van der Waals surface area contributed by atoms with Gasteiger partial charge in [0.2, 0.25) is 0 Å². The lowest BCUT2D eigenvalue weighted by Crippen LogP contribution is -2.13. The molecule has 3 heteroatoms. The molecule has 0 atom stereocenters. The van der Waals surface area contributed by atoms with Crippen molar-refractivity contribution >= 4 is 27.7 Å². The number of aryl methyl sites for hydroxylation is 1. The predicted octanol–water partition coefficient (Wildman–Crippen LogP) is 5.41. The van der Waals surface area contributed by atoms with Crippen molar-refractivity contribution in [2.75, 3.05) is 6.54 Å². The van der Waals surface area contributed by atoms with Gasteiger partial charge in [-0.1, -0.05) is 42.4 Å². The summed E-state index contributed by atoms with van der Waals surface area (Å²) < 4.78 is 1.17. The third-order valence-electron chi connectivity index (χ3n) is 2.97. The lowest BCUT2D eigenvalue weighted by Gasteiger charge is -2.08. The lowest BCUT2D eigenvalue weighted by molar-refractivity contribution is 0.675. The summed E-state index contributed by atoms with van der Waals surface area (Å²) in [7, 11) is 0. The summed E-state index contributed by atoms with van der Waals surface area (Å²) in [5.74, 6) is 0. The average Bonchev–Trinajstić information content (AvgIpc) is 2.42. The molecule has 2 rings (SSSR count). The average molecular weight is 350 g/mol. The second-order valence-electron chi connectivity index (χ2n) is 4.86. The molecule has 2 aromatic carbocycles. The molecular formula is C17H20BrNS. The number of nitrogens with one attached hydrogen (secondary N) is 1. The second-order valence-corrected chi connectivity index (χ2v) is 6.83. The van der Waals surface area contributed by atoms with Crippen LogP contribution in [0.25, 0.3) is 0 Å². The summed E-state index contributed by atoms with van der Waals surface area (Å²) in [5, 5.41) is 3.43. The highest BCUT2D eigenvalue weighted by molar-refractivity contribution is 9.10. The van der Waals surface area contributed by atoms with Gasteiger partial charge in [0.15, 0.2) is 0 Å². The standard InChI is InChI=1S/C17H20BrNS/c1-3-9-19-12-14-7-8-17(16(18)11-14)20-15-6-4-5-13(2)10-15/h4-8,10-11,19H,3,9,12H2,1-2H3. The van der Waals surface area contributed by atoms with Gasteiger partial charge >= 0.3 is 0 Å². The molecule has 0 saturated heterocycles. The minimum absolute atomic E-state index is 0.932. The van der Waals surface area contributed by atoms with E-state index in [2.05, 4.69) is 77.6 Å². The molecule has 0 amide bonds. The highest BCUT2D eigenvalue weighted by Gasteiger charge is 2.04. The summed E-state index contributed by atoms with van der Waals surface area (Å²) >= 11 is 5.48. The Morgan fingerprint density at radius 3 is 2.70 bits per heavy atom. The molecule has 2 aromatic rings. The van der Waals surface area contributed by atoms with Crippen molar-refractivity contribution in [3.8, 4) is 0 Å². The number of benzene rings is 2. The Hall–Kier alpha value is -0.770. The molecule has 0 unspecified atom stereocenters. The fraction of sp³-hybridized carbons (Fsp3) is 0.294. The molecule has 0 bridgehead atoms. The molecule has 0 heterocycles. The van der Waals surface area contributed by atoms with Crippen LogP contribution < -0.4 is 5.32 Å². The van der Waals surface area contributed by atoms with Gasteiger partial charge in [-0.15, -0.1) is 0 Å². The van der Waals surface area contributed by atoms with Crippen LogP contribution in [0.2, 0.25) is 0 Å². The first kappa shape index (κ1) is 15.6. The van der Waals surface area contributed by atoms with Gasteiger partial charge in [0.25, 0.3) is 0 Å². The van der Waals surface area contributed by atoms with Crippen molar-refractivity contribution in [2.24, 2.45) is 0 Å². The van der Waals surface area contributed by atoms with Crippen molar-refractivity contribution in [3.05, 3.63) is 58.1 Å². The largest absolute Gasteiger partial charge is 0.313 e. The van der Waals surface area contributed by atoms with Crippen LogP contribution in [0.5, 0.6) is 0 Å². The topological polar surface area (TPSA) is 12.0 Å². The lowest BCUT2D eigenvalue weighted by atomic mass is 10.2. The summed E-state index contributed by atoms with van der Waals surface area (Å²) in [6.07, 6.45) is 1.17. The van der Waals surface area contributed by atoms with E-state index in [1.54, 1.807) is 11.8 Å². The molecule has 0 aliphatic carbocycles.